The molecule has 2 N–H and O–H groups in total. The van der Waals surface area contributed by atoms with E-state index in [0.717, 1.165) is 11.0 Å². The molecule has 102 valence electrons. The number of halogens is 1. The first-order chi connectivity index (χ1) is 9.58. The lowest BCUT2D eigenvalue weighted by Crippen LogP contribution is -2.06. The Bertz CT molecular complexity index is 778. The molecule has 1 aromatic carbocycles. The first-order valence-corrected chi connectivity index (χ1v) is 6.70. The maximum atomic E-state index is 6.04. The van der Waals surface area contributed by atoms with Gasteiger partial charge in [-0.15, -0.1) is 0 Å². The Balaban J connectivity index is 2.35. The van der Waals surface area contributed by atoms with Gasteiger partial charge in [0.2, 0.25) is 0 Å². The predicted molar refractivity (Wildman–Crippen MR) is 80.6 cm³/mol. The van der Waals surface area contributed by atoms with Crippen LogP contribution in [0.5, 0.6) is 0 Å². The van der Waals surface area contributed by atoms with Crippen molar-refractivity contribution in [1.29, 1.82) is 0 Å². The normalized spacial score (nSPS) is 11.4. The van der Waals surface area contributed by atoms with E-state index < -0.39 is 0 Å². The van der Waals surface area contributed by atoms with Gasteiger partial charge in [0.1, 0.15) is 5.69 Å². The highest BCUT2D eigenvalue weighted by Crippen LogP contribution is 2.30. The fraction of sp³-hybridized carbons (Fsp3) is 0.214. The number of fused-ring (bicyclic) bond motifs is 1. The molecule has 6 heteroatoms. The van der Waals surface area contributed by atoms with Crippen LogP contribution in [0.3, 0.4) is 0 Å². The number of hydrogen-bond acceptors (Lipinski definition) is 4. The number of nitrogens with zero attached hydrogens (tertiary/aromatic N) is 4. The lowest BCUT2D eigenvalue weighted by molar-refractivity contribution is 0.623. The van der Waals surface area contributed by atoms with E-state index in [1.54, 1.807) is 12.4 Å². The molecule has 3 rings (SSSR count). The third kappa shape index (κ3) is 2.00. The summed E-state index contributed by atoms with van der Waals surface area (Å²) < 4.78 is 2.09. The van der Waals surface area contributed by atoms with E-state index in [2.05, 4.69) is 33.4 Å². The second-order valence-corrected chi connectivity index (χ2v) is 5.26. The first-order valence-electron chi connectivity index (χ1n) is 6.32. The van der Waals surface area contributed by atoms with Crippen molar-refractivity contribution in [2.45, 2.75) is 19.9 Å². The molecule has 20 heavy (non-hydrogen) atoms. The molecule has 0 atom stereocenters. The fourth-order valence-corrected chi connectivity index (χ4v) is 2.45. The molecule has 0 amide bonds. The number of anilines is 1. The van der Waals surface area contributed by atoms with Gasteiger partial charge in [0, 0.05) is 23.5 Å². The van der Waals surface area contributed by atoms with Gasteiger partial charge in [0.05, 0.1) is 11.0 Å². The Labute approximate surface area is 121 Å². The average Bonchev–Trinajstić information content (AvgIpc) is 2.77. The van der Waals surface area contributed by atoms with Crippen molar-refractivity contribution in [2.24, 2.45) is 0 Å². The smallest absolute Gasteiger partial charge is 0.163 e. The van der Waals surface area contributed by atoms with Crippen LogP contribution in [0.15, 0.2) is 30.6 Å². The Morgan fingerprint density at radius 2 is 1.95 bits per heavy atom. The molecule has 5 nitrogen and oxygen atoms in total. The van der Waals surface area contributed by atoms with E-state index in [-0.39, 0.29) is 6.04 Å². The molecule has 0 unspecified atom stereocenters. The summed E-state index contributed by atoms with van der Waals surface area (Å²) in [5.41, 5.74) is 8.34. The molecule has 0 aliphatic rings. The number of imidazole rings is 1. The third-order valence-electron chi connectivity index (χ3n) is 3.11. The van der Waals surface area contributed by atoms with Crippen LogP contribution < -0.4 is 5.73 Å². The second kappa shape index (κ2) is 4.76. The summed E-state index contributed by atoms with van der Waals surface area (Å²) in [5.74, 6) is 1.08. The zero-order valence-corrected chi connectivity index (χ0v) is 12.0. The SMILES string of the molecule is CC(C)n1c(-c2nccnc2N)nc2cc(Cl)ccc21. The molecule has 3 aromatic rings. The van der Waals surface area contributed by atoms with Gasteiger partial charge in [-0.3, -0.25) is 0 Å². The largest absolute Gasteiger partial charge is 0.382 e. The summed E-state index contributed by atoms with van der Waals surface area (Å²) in [5, 5.41) is 0.657. The molecular formula is C14H14ClN5. The van der Waals surface area contributed by atoms with Crippen LogP contribution in [-0.4, -0.2) is 19.5 Å². The van der Waals surface area contributed by atoms with Crippen LogP contribution in [0.1, 0.15) is 19.9 Å². The third-order valence-corrected chi connectivity index (χ3v) is 3.34. The second-order valence-electron chi connectivity index (χ2n) is 4.82. The van der Waals surface area contributed by atoms with Gasteiger partial charge in [0.25, 0.3) is 0 Å². The van der Waals surface area contributed by atoms with E-state index in [1.807, 2.05) is 18.2 Å². The number of nitrogens with two attached hydrogens (primary N) is 1. The Morgan fingerprint density at radius 1 is 1.20 bits per heavy atom. The van der Waals surface area contributed by atoms with Crippen LogP contribution in [0.2, 0.25) is 5.02 Å². The van der Waals surface area contributed by atoms with Crippen LogP contribution in [0, 0.1) is 0 Å². The van der Waals surface area contributed by atoms with E-state index in [0.29, 0.717) is 22.4 Å². The molecular weight excluding hydrogens is 274 g/mol. The van der Waals surface area contributed by atoms with Crippen molar-refractivity contribution in [3.63, 3.8) is 0 Å². The average molecular weight is 288 g/mol. The number of rotatable bonds is 2. The lowest BCUT2D eigenvalue weighted by atomic mass is 10.3. The maximum absolute atomic E-state index is 6.04. The first kappa shape index (κ1) is 12.9. The van der Waals surface area contributed by atoms with Crippen molar-refractivity contribution in [3.8, 4) is 11.5 Å². The summed E-state index contributed by atoms with van der Waals surface area (Å²) in [6.45, 7) is 4.18. The highest BCUT2D eigenvalue weighted by Gasteiger charge is 2.18. The summed E-state index contributed by atoms with van der Waals surface area (Å²) in [7, 11) is 0. The monoisotopic (exact) mass is 287 g/mol. The molecule has 0 aliphatic carbocycles. The minimum absolute atomic E-state index is 0.220. The number of benzene rings is 1. The fourth-order valence-electron chi connectivity index (χ4n) is 2.28. The molecule has 2 heterocycles. The molecule has 0 radical (unpaired) electrons. The molecule has 0 fully saturated rings. The van der Waals surface area contributed by atoms with Crippen LogP contribution in [-0.2, 0) is 0 Å². The minimum atomic E-state index is 0.220. The highest BCUT2D eigenvalue weighted by atomic mass is 35.5. The van der Waals surface area contributed by atoms with E-state index in [1.165, 1.54) is 0 Å². The lowest BCUT2D eigenvalue weighted by Gasteiger charge is -2.13. The molecule has 0 aliphatic heterocycles. The standard InChI is InChI=1S/C14H14ClN5/c1-8(2)20-11-4-3-9(15)7-10(11)19-14(20)12-13(16)18-6-5-17-12/h3-8H,1-2H3,(H2,16,18). The highest BCUT2D eigenvalue weighted by molar-refractivity contribution is 6.31. The Kier molecular flexibility index (Phi) is 3.06. The van der Waals surface area contributed by atoms with Crippen molar-refractivity contribution in [1.82, 2.24) is 19.5 Å². The van der Waals surface area contributed by atoms with Crippen molar-refractivity contribution >= 4 is 28.5 Å². The van der Waals surface area contributed by atoms with E-state index in [9.17, 15) is 0 Å². The number of nitrogen functional groups attached to an aromatic ring is 1. The van der Waals surface area contributed by atoms with Crippen molar-refractivity contribution in [2.75, 3.05) is 5.73 Å². The van der Waals surface area contributed by atoms with Crippen LogP contribution in [0.4, 0.5) is 5.82 Å². The van der Waals surface area contributed by atoms with Gasteiger partial charge in [-0.25, -0.2) is 15.0 Å². The van der Waals surface area contributed by atoms with Crippen LogP contribution >= 0.6 is 11.6 Å². The van der Waals surface area contributed by atoms with Gasteiger partial charge in [-0.2, -0.15) is 0 Å². The Hall–Kier alpha value is -2.14. The van der Waals surface area contributed by atoms with Gasteiger partial charge >= 0.3 is 0 Å². The number of aromatic nitrogens is 4. The minimum Gasteiger partial charge on any atom is -0.382 e. The molecule has 0 saturated heterocycles. The van der Waals surface area contributed by atoms with Crippen molar-refractivity contribution in [3.05, 3.63) is 35.6 Å². The summed E-state index contributed by atoms with van der Waals surface area (Å²) in [4.78, 5) is 13.0. The number of hydrogen-bond donors (Lipinski definition) is 1. The van der Waals surface area contributed by atoms with Gasteiger partial charge < -0.3 is 10.3 Å². The molecule has 0 bridgehead atoms. The van der Waals surface area contributed by atoms with Crippen LogP contribution in [0.25, 0.3) is 22.6 Å². The van der Waals surface area contributed by atoms with Gasteiger partial charge in [-0.05, 0) is 32.0 Å². The Morgan fingerprint density at radius 3 is 2.65 bits per heavy atom. The zero-order chi connectivity index (χ0) is 14.3. The van der Waals surface area contributed by atoms with E-state index >= 15 is 0 Å². The summed E-state index contributed by atoms with van der Waals surface area (Å²) >= 11 is 6.04. The van der Waals surface area contributed by atoms with E-state index in [4.69, 9.17) is 17.3 Å². The van der Waals surface area contributed by atoms with Gasteiger partial charge in [0.15, 0.2) is 11.6 Å². The van der Waals surface area contributed by atoms with Crippen molar-refractivity contribution < 1.29 is 0 Å². The maximum Gasteiger partial charge on any atom is 0.163 e. The van der Waals surface area contributed by atoms with Gasteiger partial charge in [-0.1, -0.05) is 11.6 Å². The summed E-state index contributed by atoms with van der Waals surface area (Å²) in [6, 6.07) is 5.87. The topological polar surface area (TPSA) is 69.6 Å². The quantitative estimate of drug-likeness (QED) is 0.785. The molecule has 0 saturated carbocycles. The zero-order valence-electron chi connectivity index (χ0n) is 11.2. The molecule has 2 aromatic heterocycles. The molecule has 0 spiro atoms. The predicted octanol–water partition coefficient (Wildman–Crippen LogP) is 3.31. The summed E-state index contributed by atoms with van der Waals surface area (Å²) in [6.07, 6.45) is 3.18.